The molecule has 4 rings (SSSR count). The Labute approximate surface area is 152 Å². The minimum absolute atomic E-state index is 0.320. The number of rotatable bonds is 3. The molecule has 0 aliphatic carbocycles. The number of hydrogen-bond acceptors (Lipinski definition) is 5. The van der Waals surface area contributed by atoms with Crippen molar-refractivity contribution in [2.24, 2.45) is 0 Å². The first-order chi connectivity index (χ1) is 12.7. The van der Waals surface area contributed by atoms with Crippen LogP contribution in [0.1, 0.15) is 0 Å². The highest BCUT2D eigenvalue weighted by atomic mass is 16.5. The standard InChI is InChI=1S/C21H22N2O3/c1-22-9-11-23(12-10-22)16-8-7-15-13-20(26-21(24)18(15)14-16)17-5-3-4-6-19(17)25-2/h3-8,13-14H,9-12H2,1-2H3. The van der Waals surface area contributed by atoms with Crippen molar-refractivity contribution in [1.82, 2.24) is 4.90 Å². The molecule has 5 heteroatoms. The van der Waals surface area contributed by atoms with Gasteiger partial charge in [0.2, 0.25) is 0 Å². The van der Waals surface area contributed by atoms with E-state index in [1.165, 1.54) is 0 Å². The lowest BCUT2D eigenvalue weighted by Crippen LogP contribution is -2.44. The van der Waals surface area contributed by atoms with Crippen LogP contribution >= 0.6 is 0 Å². The van der Waals surface area contributed by atoms with E-state index < -0.39 is 0 Å². The molecule has 1 aliphatic rings. The summed E-state index contributed by atoms with van der Waals surface area (Å²) in [4.78, 5) is 17.2. The Hall–Kier alpha value is -2.79. The van der Waals surface area contributed by atoms with Gasteiger partial charge in [0.15, 0.2) is 0 Å². The van der Waals surface area contributed by atoms with Gasteiger partial charge < -0.3 is 19.0 Å². The molecule has 0 unspecified atom stereocenters. The molecule has 26 heavy (non-hydrogen) atoms. The van der Waals surface area contributed by atoms with E-state index in [9.17, 15) is 4.79 Å². The van der Waals surface area contributed by atoms with Crippen molar-refractivity contribution in [3.63, 3.8) is 0 Å². The maximum absolute atomic E-state index is 12.6. The third-order valence-corrected chi connectivity index (χ3v) is 4.99. The van der Waals surface area contributed by atoms with Gasteiger partial charge in [-0.25, -0.2) is 4.79 Å². The summed E-state index contributed by atoms with van der Waals surface area (Å²) < 4.78 is 11.0. The molecule has 0 amide bonds. The van der Waals surface area contributed by atoms with Crippen LogP contribution in [0.15, 0.2) is 57.7 Å². The van der Waals surface area contributed by atoms with Crippen LogP contribution in [0.3, 0.4) is 0 Å². The number of fused-ring (bicyclic) bond motifs is 1. The number of anilines is 1. The number of nitrogens with zero attached hydrogens (tertiary/aromatic N) is 2. The Morgan fingerprint density at radius 3 is 2.54 bits per heavy atom. The summed E-state index contributed by atoms with van der Waals surface area (Å²) >= 11 is 0. The van der Waals surface area contributed by atoms with Gasteiger partial charge in [-0.15, -0.1) is 0 Å². The largest absolute Gasteiger partial charge is 0.496 e. The molecule has 1 aromatic heterocycles. The SMILES string of the molecule is COc1ccccc1-c1cc2ccc(N3CCN(C)CC3)cc2c(=O)o1. The first kappa shape index (κ1) is 16.7. The van der Waals surface area contributed by atoms with Crippen LogP contribution in [0.25, 0.3) is 22.1 Å². The molecule has 0 saturated carbocycles. The fourth-order valence-corrected chi connectivity index (χ4v) is 3.41. The molecule has 1 fully saturated rings. The van der Waals surface area contributed by atoms with Crippen LogP contribution in [-0.2, 0) is 0 Å². The quantitative estimate of drug-likeness (QED) is 0.726. The molecule has 2 aromatic carbocycles. The summed E-state index contributed by atoms with van der Waals surface area (Å²) in [5.41, 5.74) is 1.53. The van der Waals surface area contributed by atoms with E-state index in [1.54, 1.807) is 7.11 Å². The minimum Gasteiger partial charge on any atom is -0.496 e. The molecule has 2 heterocycles. The summed E-state index contributed by atoms with van der Waals surface area (Å²) in [6.45, 7) is 3.98. The summed E-state index contributed by atoms with van der Waals surface area (Å²) in [7, 11) is 3.74. The zero-order valence-corrected chi connectivity index (χ0v) is 15.1. The number of likely N-dealkylation sites (N-methyl/N-ethyl adjacent to an activating group) is 1. The van der Waals surface area contributed by atoms with Gasteiger partial charge in [0, 0.05) is 31.9 Å². The van der Waals surface area contributed by atoms with Crippen molar-refractivity contribution < 1.29 is 9.15 Å². The molecule has 3 aromatic rings. The van der Waals surface area contributed by atoms with Crippen molar-refractivity contribution in [3.05, 3.63) is 59.0 Å². The monoisotopic (exact) mass is 350 g/mol. The molecule has 134 valence electrons. The highest BCUT2D eigenvalue weighted by Gasteiger charge is 2.16. The molecule has 1 saturated heterocycles. The molecule has 0 radical (unpaired) electrons. The van der Waals surface area contributed by atoms with Gasteiger partial charge in [-0.3, -0.25) is 0 Å². The van der Waals surface area contributed by atoms with Crippen LogP contribution in [0, 0.1) is 0 Å². The van der Waals surface area contributed by atoms with Crippen molar-refractivity contribution in [3.8, 4) is 17.1 Å². The number of methoxy groups -OCH3 is 1. The molecule has 0 N–H and O–H groups in total. The molecular formula is C21H22N2O3. The topological polar surface area (TPSA) is 45.9 Å². The lowest BCUT2D eigenvalue weighted by molar-refractivity contribution is 0.313. The number of hydrogen-bond donors (Lipinski definition) is 0. The predicted octanol–water partition coefficient (Wildman–Crippen LogP) is 3.22. The first-order valence-corrected chi connectivity index (χ1v) is 8.80. The van der Waals surface area contributed by atoms with Gasteiger partial charge in [-0.2, -0.15) is 0 Å². The zero-order valence-electron chi connectivity index (χ0n) is 15.1. The van der Waals surface area contributed by atoms with E-state index in [0.717, 1.165) is 42.8 Å². The minimum atomic E-state index is -0.320. The van der Waals surface area contributed by atoms with Gasteiger partial charge in [-0.1, -0.05) is 18.2 Å². The lowest BCUT2D eigenvalue weighted by Gasteiger charge is -2.34. The first-order valence-electron chi connectivity index (χ1n) is 8.80. The lowest BCUT2D eigenvalue weighted by atomic mass is 10.1. The Morgan fingerprint density at radius 1 is 1.00 bits per heavy atom. The maximum atomic E-state index is 12.6. The van der Waals surface area contributed by atoms with Gasteiger partial charge in [-0.05, 0) is 42.8 Å². The average molecular weight is 350 g/mol. The number of ether oxygens (including phenoxy) is 1. The van der Waals surface area contributed by atoms with Crippen molar-refractivity contribution in [2.45, 2.75) is 0 Å². The van der Waals surface area contributed by atoms with E-state index in [2.05, 4.69) is 22.9 Å². The smallest absolute Gasteiger partial charge is 0.344 e. The molecular weight excluding hydrogens is 328 g/mol. The average Bonchev–Trinajstić information content (AvgIpc) is 2.68. The summed E-state index contributed by atoms with van der Waals surface area (Å²) in [5, 5.41) is 1.49. The van der Waals surface area contributed by atoms with Gasteiger partial charge in [0.1, 0.15) is 11.5 Å². The van der Waals surface area contributed by atoms with Crippen LogP contribution < -0.4 is 15.3 Å². The maximum Gasteiger partial charge on any atom is 0.344 e. The second-order valence-corrected chi connectivity index (χ2v) is 6.66. The number of para-hydroxylation sites is 1. The Kier molecular flexibility index (Phi) is 4.39. The fourth-order valence-electron chi connectivity index (χ4n) is 3.41. The molecule has 0 spiro atoms. The Morgan fingerprint density at radius 2 is 1.77 bits per heavy atom. The molecule has 5 nitrogen and oxygen atoms in total. The highest BCUT2D eigenvalue weighted by Crippen LogP contribution is 2.31. The molecule has 0 atom stereocenters. The number of piperazine rings is 1. The second kappa shape index (κ2) is 6.84. The van der Waals surface area contributed by atoms with Crippen molar-refractivity contribution in [2.75, 3.05) is 45.2 Å². The highest BCUT2D eigenvalue weighted by molar-refractivity contribution is 5.87. The van der Waals surface area contributed by atoms with E-state index in [1.807, 2.05) is 42.5 Å². The van der Waals surface area contributed by atoms with E-state index in [0.29, 0.717) is 16.9 Å². The number of benzene rings is 2. The van der Waals surface area contributed by atoms with Gasteiger partial charge >= 0.3 is 5.63 Å². The van der Waals surface area contributed by atoms with Crippen LogP contribution in [-0.4, -0.2) is 45.2 Å². The fraction of sp³-hybridized carbons (Fsp3) is 0.286. The van der Waals surface area contributed by atoms with E-state index in [4.69, 9.17) is 9.15 Å². The normalized spacial score (nSPS) is 15.4. The van der Waals surface area contributed by atoms with Crippen LogP contribution in [0.4, 0.5) is 5.69 Å². The Bertz CT molecular complexity index is 988. The Balaban J connectivity index is 1.75. The summed E-state index contributed by atoms with van der Waals surface area (Å²) in [6, 6.07) is 15.5. The van der Waals surface area contributed by atoms with Crippen molar-refractivity contribution in [1.29, 1.82) is 0 Å². The summed E-state index contributed by atoms with van der Waals surface area (Å²) in [5.74, 6) is 1.20. The third kappa shape index (κ3) is 3.06. The van der Waals surface area contributed by atoms with Crippen LogP contribution in [0.2, 0.25) is 0 Å². The van der Waals surface area contributed by atoms with Crippen LogP contribution in [0.5, 0.6) is 5.75 Å². The van der Waals surface area contributed by atoms with Gasteiger partial charge in [0.05, 0.1) is 18.1 Å². The van der Waals surface area contributed by atoms with Gasteiger partial charge in [0.25, 0.3) is 0 Å². The summed E-state index contributed by atoms with van der Waals surface area (Å²) in [6.07, 6.45) is 0. The molecule has 0 bridgehead atoms. The zero-order chi connectivity index (χ0) is 18.1. The van der Waals surface area contributed by atoms with E-state index in [-0.39, 0.29) is 5.63 Å². The third-order valence-electron chi connectivity index (χ3n) is 4.99. The van der Waals surface area contributed by atoms with E-state index >= 15 is 0 Å². The van der Waals surface area contributed by atoms with Crippen molar-refractivity contribution >= 4 is 16.5 Å². The predicted molar refractivity (Wildman–Crippen MR) is 104 cm³/mol. The molecule has 1 aliphatic heterocycles. The second-order valence-electron chi connectivity index (χ2n) is 6.66.